The molecule has 1 aliphatic heterocycles. The Morgan fingerprint density at radius 3 is 2.86 bits per heavy atom. The van der Waals surface area contributed by atoms with E-state index in [1.807, 2.05) is 11.0 Å². The van der Waals surface area contributed by atoms with Gasteiger partial charge in [-0.15, -0.1) is 0 Å². The fourth-order valence-electron chi connectivity index (χ4n) is 3.38. The summed E-state index contributed by atoms with van der Waals surface area (Å²) in [6, 6.07) is 3.98. The molecule has 5 nitrogen and oxygen atoms in total. The SMILES string of the molecule is O=C(NCc1ccco1)C1CC(=O)N(C2CCCCC2)C1. The van der Waals surface area contributed by atoms with Gasteiger partial charge in [-0.2, -0.15) is 0 Å². The number of nitrogens with zero attached hydrogens (tertiary/aromatic N) is 1. The van der Waals surface area contributed by atoms with E-state index < -0.39 is 0 Å². The molecule has 1 atom stereocenters. The summed E-state index contributed by atoms with van der Waals surface area (Å²) in [4.78, 5) is 26.3. The zero-order valence-corrected chi connectivity index (χ0v) is 12.2. The van der Waals surface area contributed by atoms with Gasteiger partial charge in [-0.05, 0) is 25.0 Å². The van der Waals surface area contributed by atoms with Gasteiger partial charge in [0.2, 0.25) is 11.8 Å². The molecule has 0 aromatic carbocycles. The Bertz CT molecular complexity index is 492. The van der Waals surface area contributed by atoms with Crippen LogP contribution in [0.2, 0.25) is 0 Å². The first-order valence-electron chi connectivity index (χ1n) is 7.83. The first kappa shape index (κ1) is 14.2. The fourth-order valence-corrected chi connectivity index (χ4v) is 3.38. The Kier molecular flexibility index (Phi) is 4.27. The van der Waals surface area contributed by atoms with Crippen LogP contribution in [0.15, 0.2) is 22.8 Å². The summed E-state index contributed by atoms with van der Waals surface area (Å²) in [7, 11) is 0. The molecule has 1 unspecified atom stereocenters. The quantitative estimate of drug-likeness (QED) is 0.923. The molecule has 1 saturated carbocycles. The lowest BCUT2D eigenvalue weighted by atomic mass is 9.94. The van der Waals surface area contributed by atoms with Crippen molar-refractivity contribution in [2.75, 3.05) is 6.54 Å². The van der Waals surface area contributed by atoms with Crippen molar-refractivity contribution in [3.8, 4) is 0 Å². The van der Waals surface area contributed by atoms with Crippen molar-refractivity contribution >= 4 is 11.8 Å². The van der Waals surface area contributed by atoms with Crippen LogP contribution >= 0.6 is 0 Å². The maximum atomic E-state index is 12.2. The smallest absolute Gasteiger partial charge is 0.225 e. The Hall–Kier alpha value is -1.78. The molecule has 2 amide bonds. The largest absolute Gasteiger partial charge is 0.467 e. The third kappa shape index (κ3) is 3.28. The summed E-state index contributed by atoms with van der Waals surface area (Å²) in [5.41, 5.74) is 0. The van der Waals surface area contributed by atoms with Gasteiger partial charge < -0.3 is 14.6 Å². The third-order valence-corrected chi connectivity index (χ3v) is 4.56. The predicted octanol–water partition coefficient (Wildman–Crippen LogP) is 2.08. The standard InChI is InChI=1S/C16H22N2O3/c19-15-9-12(11-18(15)13-5-2-1-3-6-13)16(20)17-10-14-7-4-8-21-14/h4,7-8,12-13H,1-3,5-6,9-11H2,(H,17,20). The molecular weight excluding hydrogens is 268 g/mol. The molecule has 1 saturated heterocycles. The number of likely N-dealkylation sites (tertiary alicyclic amines) is 1. The topological polar surface area (TPSA) is 62.6 Å². The predicted molar refractivity (Wildman–Crippen MR) is 77.2 cm³/mol. The lowest BCUT2D eigenvalue weighted by Gasteiger charge is -2.31. The molecule has 0 spiro atoms. The first-order chi connectivity index (χ1) is 10.2. The summed E-state index contributed by atoms with van der Waals surface area (Å²) < 4.78 is 5.19. The Morgan fingerprint density at radius 1 is 1.33 bits per heavy atom. The monoisotopic (exact) mass is 290 g/mol. The lowest BCUT2D eigenvalue weighted by molar-refractivity contribution is -0.130. The van der Waals surface area contributed by atoms with Crippen LogP contribution in [0.5, 0.6) is 0 Å². The molecule has 1 aromatic heterocycles. The van der Waals surface area contributed by atoms with Gasteiger partial charge in [0.1, 0.15) is 5.76 Å². The second-order valence-electron chi connectivity index (χ2n) is 6.04. The highest BCUT2D eigenvalue weighted by Crippen LogP contribution is 2.28. The van der Waals surface area contributed by atoms with Gasteiger partial charge in [-0.1, -0.05) is 19.3 Å². The van der Waals surface area contributed by atoms with Gasteiger partial charge in [0.25, 0.3) is 0 Å². The number of furan rings is 1. The second kappa shape index (κ2) is 6.33. The summed E-state index contributed by atoms with van der Waals surface area (Å²) in [5, 5.41) is 2.86. The Morgan fingerprint density at radius 2 is 2.14 bits per heavy atom. The van der Waals surface area contributed by atoms with E-state index in [0.29, 0.717) is 25.6 Å². The number of nitrogens with one attached hydrogen (secondary N) is 1. The van der Waals surface area contributed by atoms with Gasteiger partial charge in [-0.3, -0.25) is 9.59 Å². The van der Waals surface area contributed by atoms with E-state index in [-0.39, 0.29) is 17.7 Å². The molecule has 1 aromatic rings. The van der Waals surface area contributed by atoms with Crippen LogP contribution < -0.4 is 5.32 Å². The van der Waals surface area contributed by atoms with Crippen molar-refractivity contribution in [2.45, 2.75) is 51.1 Å². The van der Waals surface area contributed by atoms with Gasteiger partial charge >= 0.3 is 0 Å². The molecule has 2 fully saturated rings. The van der Waals surface area contributed by atoms with Gasteiger partial charge in [-0.25, -0.2) is 0 Å². The minimum absolute atomic E-state index is 0.0435. The molecule has 1 aliphatic carbocycles. The minimum atomic E-state index is -0.214. The normalized spacial score (nSPS) is 23.5. The van der Waals surface area contributed by atoms with Gasteiger partial charge in [0.05, 0.1) is 18.7 Å². The average Bonchev–Trinajstić information content (AvgIpc) is 3.15. The molecule has 3 rings (SSSR count). The highest BCUT2D eigenvalue weighted by Gasteiger charge is 2.37. The molecule has 2 heterocycles. The number of amides is 2. The van der Waals surface area contributed by atoms with Crippen molar-refractivity contribution in [2.24, 2.45) is 5.92 Å². The molecule has 1 N–H and O–H groups in total. The highest BCUT2D eigenvalue weighted by molar-refractivity contribution is 5.89. The second-order valence-corrected chi connectivity index (χ2v) is 6.04. The molecule has 0 radical (unpaired) electrons. The number of hydrogen-bond donors (Lipinski definition) is 1. The number of rotatable bonds is 4. The van der Waals surface area contributed by atoms with E-state index in [2.05, 4.69) is 5.32 Å². The fraction of sp³-hybridized carbons (Fsp3) is 0.625. The van der Waals surface area contributed by atoms with Crippen LogP contribution in [0.3, 0.4) is 0 Å². The van der Waals surface area contributed by atoms with E-state index in [4.69, 9.17) is 4.42 Å². The van der Waals surface area contributed by atoms with Gasteiger partial charge in [0.15, 0.2) is 0 Å². The van der Waals surface area contributed by atoms with Crippen LogP contribution in [0.25, 0.3) is 0 Å². The number of hydrogen-bond acceptors (Lipinski definition) is 3. The minimum Gasteiger partial charge on any atom is -0.467 e. The average molecular weight is 290 g/mol. The summed E-state index contributed by atoms with van der Waals surface area (Å²) in [6.45, 7) is 0.966. The molecule has 0 bridgehead atoms. The van der Waals surface area contributed by atoms with E-state index in [0.717, 1.165) is 18.6 Å². The third-order valence-electron chi connectivity index (χ3n) is 4.56. The van der Waals surface area contributed by atoms with E-state index in [1.165, 1.54) is 19.3 Å². The molecule has 2 aliphatic rings. The van der Waals surface area contributed by atoms with Crippen LogP contribution in [0, 0.1) is 5.92 Å². The highest BCUT2D eigenvalue weighted by atomic mass is 16.3. The maximum Gasteiger partial charge on any atom is 0.225 e. The zero-order chi connectivity index (χ0) is 14.7. The van der Waals surface area contributed by atoms with Crippen molar-refractivity contribution in [3.05, 3.63) is 24.2 Å². The van der Waals surface area contributed by atoms with Crippen molar-refractivity contribution in [1.82, 2.24) is 10.2 Å². The van der Waals surface area contributed by atoms with Crippen LogP contribution in [0.1, 0.15) is 44.3 Å². The Balaban J connectivity index is 1.52. The number of carbonyl (C=O) groups is 2. The molecule has 5 heteroatoms. The van der Waals surface area contributed by atoms with Crippen LogP contribution in [-0.4, -0.2) is 29.3 Å². The van der Waals surface area contributed by atoms with Crippen molar-refractivity contribution < 1.29 is 14.0 Å². The summed E-state index contributed by atoms with van der Waals surface area (Å²) >= 11 is 0. The Labute approximate surface area is 124 Å². The lowest BCUT2D eigenvalue weighted by Crippen LogP contribution is -2.39. The first-order valence-corrected chi connectivity index (χ1v) is 7.83. The van der Waals surface area contributed by atoms with Crippen molar-refractivity contribution in [3.63, 3.8) is 0 Å². The summed E-state index contributed by atoms with van der Waals surface area (Å²) in [6.07, 6.45) is 7.78. The zero-order valence-electron chi connectivity index (χ0n) is 12.2. The molecule has 114 valence electrons. The maximum absolute atomic E-state index is 12.2. The van der Waals surface area contributed by atoms with Crippen LogP contribution in [0.4, 0.5) is 0 Å². The van der Waals surface area contributed by atoms with E-state index in [9.17, 15) is 9.59 Å². The van der Waals surface area contributed by atoms with Crippen LogP contribution in [-0.2, 0) is 16.1 Å². The number of carbonyl (C=O) groups excluding carboxylic acids is 2. The van der Waals surface area contributed by atoms with E-state index >= 15 is 0 Å². The van der Waals surface area contributed by atoms with Crippen molar-refractivity contribution in [1.29, 1.82) is 0 Å². The molecule has 21 heavy (non-hydrogen) atoms. The summed E-state index contributed by atoms with van der Waals surface area (Å²) in [5.74, 6) is 0.615. The van der Waals surface area contributed by atoms with E-state index in [1.54, 1.807) is 12.3 Å². The molecular formula is C16H22N2O3. The van der Waals surface area contributed by atoms with Gasteiger partial charge in [0, 0.05) is 19.0 Å².